The van der Waals surface area contributed by atoms with Gasteiger partial charge in [0.25, 0.3) is 0 Å². The Hall–Kier alpha value is -0.296. The fourth-order valence-electron chi connectivity index (χ4n) is 2.39. The Morgan fingerprint density at radius 3 is 2.00 bits per heavy atom. The standard InChI is InChI=1S/C16H29NSSi2/c1-19(2,3)17(20(4,5)6)18-15-11-10-14-16-12-8-7-9-13-16/h7-9,11-13,15H,10,14H2,1-6H3/b15-11+. The van der Waals surface area contributed by atoms with Gasteiger partial charge in [0.2, 0.25) is 0 Å². The van der Waals surface area contributed by atoms with Crippen LogP contribution >= 0.6 is 11.9 Å². The Kier molecular flexibility index (Phi) is 6.78. The number of benzene rings is 1. The van der Waals surface area contributed by atoms with Gasteiger partial charge in [-0.15, -0.1) is 0 Å². The molecule has 0 heterocycles. The number of rotatable bonds is 7. The maximum Gasteiger partial charge on any atom is 0.123 e. The van der Waals surface area contributed by atoms with Crippen molar-refractivity contribution in [3.05, 3.63) is 47.4 Å². The molecular formula is C16H29NSSi2. The predicted molar refractivity (Wildman–Crippen MR) is 100 cm³/mol. The second-order valence-corrected chi connectivity index (χ2v) is 18.7. The lowest BCUT2D eigenvalue weighted by Gasteiger charge is -2.41. The monoisotopic (exact) mass is 323 g/mol. The first-order valence-corrected chi connectivity index (χ1v) is 15.1. The normalized spacial score (nSPS) is 13.3. The van der Waals surface area contributed by atoms with Crippen molar-refractivity contribution >= 4 is 28.4 Å². The molecule has 0 saturated carbocycles. The number of hydrogen-bond acceptors (Lipinski definition) is 2. The first-order valence-electron chi connectivity index (χ1n) is 7.37. The van der Waals surface area contributed by atoms with Gasteiger partial charge in [-0.25, -0.2) is 0 Å². The molecule has 0 fully saturated rings. The van der Waals surface area contributed by atoms with Gasteiger partial charge in [-0.1, -0.05) is 87.6 Å². The van der Waals surface area contributed by atoms with E-state index in [-0.39, 0.29) is 0 Å². The van der Waals surface area contributed by atoms with Crippen LogP contribution < -0.4 is 0 Å². The van der Waals surface area contributed by atoms with Crippen molar-refractivity contribution in [1.29, 1.82) is 0 Å². The second-order valence-electron chi connectivity index (χ2n) is 7.14. The van der Waals surface area contributed by atoms with E-state index in [0.717, 1.165) is 12.8 Å². The molecule has 0 aliphatic heterocycles. The molecule has 0 saturated heterocycles. The van der Waals surface area contributed by atoms with Crippen LogP contribution in [0.2, 0.25) is 39.3 Å². The van der Waals surface area contributed by atoms with Crippen LogP contribution in [-0.4, -0.2) is 20.1 Å². The maximum atomic E-state index is 2.74. The lowest BCUT2D eigenvalue weighted by atomic mass is 10.1. The average Bonchev–Trinajstić information content (AvgIpc) is 2.31. The van der Waals surface area contributed by atoms with Gasteiger partial charge in [-0.05, 0) is 23.8 Å². The van der Waals surface area contributed by atoms with E-state index in [1.165, 1.54) is 5.56 Å². The van der Waals surface area contributed by atoms with Crippen molar-refractivity contribution < 1.29 is 0 Å². The largest absolute Gasteiger partial charge is 0.289 e. The minimum Gasteiger partial charge on any atom is -0.289 e. The van der Waals surface area contributed by atoms with E-state index in [0.29, 0.717) is 0 Å². The molecular weight excluding hydrogens is 294 g/mol. The first-order chi connectivity index (χ1) is 9.21. The van der Waals surface area contributed by atoms with Crippen molar-refractivity contribution in [1.82, 2.24) is 3.64 Å². The average molecular weight is 324 g/mol. The minimum atomic E-state index is -1.24. The van der Waals surface area contributed by atoms with Gasteiger partial charge in [-0.3, -0.25) is 3.64 Å². The van der Waals surface area contributed by atoms with Gasteiger partial charge in [-0.2, -0.15) is 0 Å². The Bertz CT molecular complexity index is 404. The minimum absolute atomic E-state index is 1.13. The number of aryl methyl sites for hydroxylation is 1. The molecule has 0 amide bonds. The summed E-state index contributed by atoms with van der Waals surface area (Å²) < 4.78 is 2.74. The van der Waals surface area contributed by atoms with Gasteiger partial charge >= 0.3 is 0 Å². The topological polar surface area (TPSA) is 3.24 Å². The summed E-state index contributed by atoms with van der Waals surface area (Å²) in [5.74, 6) is 0. The van der Waals surface area contributed by atoms with E-state index in [1.807, 2.05) is 11.9 Å². The van der Waals surface area contributed by atoms with Gasteiger partial charge in [0, 0.05) is 0 Å². The van der Waals surface area contributed by atoms with Crippen LogP contribution in [0.15, 0.2) is 41.8 Å². The fraction of sp³-hybridized carbons (Fsp3) is 0.500. The quantitative estimate of drug-likeness (QED) is 0.464. The summed E-state index contributed by atoms with van der Waals surface area (Å²) in [5.41, 5.74) is 1.43. The smallest absolute Gasteiger partial charge is 0.123 e. The molecule has 0 spiro atoms. The van der Waals surface area contributed by atoms with Gasteiger partial charge in [0.15, 0.2) is 0 Å². The molecule has 1 aromatic rings. The van der Waals surface area contributed by atoms with Crippen LogP contribution in [0, 0.1) is 0 Å². The summed E-state index contributed by atoms with van der Waals surface area (Å²) in [5, 5.41) is 2.31. The van der Waals surface area contributed by atoms with E-state index >= 15 is 0 Å². The lowest BCUT2D eigenvalue weighted by Crippen LogP contribution is -2.54. The zero-order chi connectivity index (χ0) is 15.2. The van der Waals surface area contributed by atoms with Crippen molar-refractivity contribution in [3.63, 3.8) is 0 Å². The van der Waals surface area contributed by atoms with Gasteiger partial charge in [0.05, 0.1) is 0 Å². The van der Waals surface area contributed by atoms with Crippen molar-refractivity contribution in [2.24, 2.45) is 0 Å². The third-order valence-corrected chi connectivity index (χ3v) is 13.8. The molecule has 0 aliphatic rings. The molecule has 0 N–H and O–H groups in total. The van der Waals surface area contributed by atoms with Crippen LogP contribution in [0.5, 0.6) is 0 Å². The fourth-order valence-corrected chi connectivity index (χ4v) is 13.7. The van der Waals surface area contributed by atoms with Crippen LogP contribution in [0.4, 0.5) is 0 Å². The number of hydrogen-bond donors (Lipinski definition) is 0. The summed E-state index contributed by atoms with van der Waals surface area (Å²) in [6.07, 6.45) is 4.59. The third kappa shape index (κ3) is 6.44. The summed E-state index contributed by atoms with van der Waals surface area (Å²) >= 11 is 1.95. The summed E-state index contributed by atoms with van der Waals surface area (Å²) in [4.78, 5) is 0. The van der Waals surface area contributed by atoms with E-state index in [4.69, 9.17) is 0 Å². The number of nitrogens with zero attached hydrogens (tertiary/aromatic N) is 1. The summed E-state index contributed by atoms with van der Waals surface area (Å²) in [6, 6.07) is 10.7. The second kappa shape index (κ2) is 7.64. The molecule has 20 heavy (non-hydrogen) atoms. The highest BCUT2D eigenvalue weighted by Crippen LogP contribution is 2.29. The first kappa shape index (κ1) is 17.8. The zero-order valence-corrected chi connectivity index (χ0v) is 16.6. The zero-order valence-electron chi connectivity index (χ0n) is 13.8. The maximum absolute atomic E-state index is 2.74. The highest BCUT2D eigenvalue weighted by Gasteiger charge is 2.34. The van der Waals surface area contributed by atoms with Crippen molar-refractivity contribution in [2.75, 3.05) is 0 Å². The third-order valence-electron chi connectivity index (χ3n) is 2.92. The van der Waals surface area contributed by atoms with E-state index < -0.39 is 16.5 Å². The molecule has 0 aliphatic carbocycles. The molecule has 1 nitrogen and oxygen atoms in total. The highest BCUT2D eigenvalue weighted by molar-refractivity contribution is 8.02. The molecule has 0 bridgehead atoms. The van der Waals surface area contributed by atoms with E-state index in [9.17, 15) is 0 Å². The molecule has 0 radical (unpaired) electrons. The summed E-state index contributed by atoms with van der Waals surface area (Å²) in [7, 11) is -2.48. The van der Waals surface area contributed by atoms with Crippen LogP contribution in [-0.2, 0) is 6.42 Å². The van der Waals surface area contributed by atoms with E-state index in [1.54, 1.807) is 0 Å². The summed E-state index contributed by atoms with van der Waals surface area (Å²) in [6.45, 7) is 14.6. The van der Waals surface area contributed by atoms with Crippen LogP contribution in [0.25, 0.3) is 0 Å². The Balaban J connectivity index is 2.46. The Labute approximate surface area is 131 Å². The lowest BCUT2D eigenvalue weighted by molar-refractivity contribution is 0.995. The Morgan fingerprint density at radius 2 is 1.50 bits per heavy atom. The van der Waals surface area contributed by atoms with Crippen molar-refractivity contribution in [2.45, 2.75) is 52.1 Å². The molecule has 112 valence electrons. The number of allylic oxidation sites excluding steroid dienone is 1. The SMILES string of the molecule is C[Si](C)(C)N(S/C=C/CCc1ccccc1)[Si](C)(C)C. The van der Waals surface area contributed by atoms with Gasteiger partial charge in [0.1, 0.15) is 16.5 Å². The molecule has 1 aromatic carbocycles. The molecule has 0 atom stereocenters. The highest BCUT2D eigenvalue weighted by atomic mass is 32.2. The molecule has 0 aromatic heterocycles. The molecule has 0 unspecified atom stereocenters. The Morgan fingerprint density at radius 1 is 0.950 bits per heavy atom. The molecule has 1 rings (SSSR count). The van der Waals surface area contributed by atoms with Gasteiger partial charge < -0.3 is 0 Å². The molecule has 4 heteroatoms. The van der Waals surface area contributed by atoms with Crippen molar-refractivity contribution in [3.8, 4) is 0 Å². The predicted octanol–water partition coefficient (Wildman–Crippen LogP) is 5.75. The van der Waals surface area contributed by atoms with Crippen LogP contribution in [0.1, 0.15) is 12.0 Å². The van der Waals surface area contributed by atoms with E-state index in [2.05, 4.69) is 84.7 Å². The van der Waals surface area contributed by atoms with Crippen LogP contribution in [0.3, 0.4) is 0 Å².